The van der Waals surface area contributed by atoms with Crippen molar-refractivity contribution in [1.29, 1.82) is 0 Å². The molecule has 4 heterocycles. The third kappa shape index (κ3) is 3.31. The van der Waals surface area contributed by atoms with Crippen LogP contribution in [-0.2, 0) is 24.2 Å². The molecule has 6 heteroatoms. The highest BCUT2D eigenvalue weighted by atomic mass is 32.1. The molecule has 5 nitrogen and oxygen atoms in total. The topological polar surface area (TPSA) is 58.1 Å². The fourth-order valence-corrected chi connectivity index (χ4v) is 5.17. The molecule has 5 rings (SSSR count). The number of hydrogen-bond donors (Lipinski definition) is 1. The lowest BCUT2D eigenvalue weighted by Gasteiger charge is -2.28. The quantitative estimate of drug-likeness (QED) is 0.744. The monoisotopic (exact) mass is 392 g/mol. The molecule has 28 heavy (non-hydrogen) atoms. The van der Waals surface area contributed by atoms with Gasteiger partial charge in [-0.25, -0.2) is 9.97 Å². The molecule has 3 aromatic rings. The molecule has 1 aromatic carbocycles. The van der Waals surface area contributed by atoms with E-state index in [-0.39, 0.29) is 5.91 Å². The van der Waals surface area contributed by atoms with Gasteiger partial charge in [0.25, 0.3) is 0 Å². The highest BCUT2D eigenvalue weighted by Crippen LogP contribution is 2.28. The Hall–Kier alpha value is -2.31. The fourth-order valence-electron chi connectivity index (χ4n) is 4.22. The molecule has 0 spiro atoms. The first-order chi connectivity index (χ1) is 13.7. The Labute approximate surface area is 168 Å². The van der Waals surface area contributed by atoms with E-state index in [1.807, 2.05) is 11.1 Å². The molecule has 0 unspecified atom stereocenters. The molecule has 0 saturated carbocycles. The lowest BCUT2D eigenvalue weighted by Crippen LogP contribution is -2.37. The third-order valence-corrected chi connectivity index (χ3v) is 6.89. The van der Waals surface area contributed by atoms with Crippen LogP contribution in [0.4, 0.5) is 0 Å². The molecule has 0 aliphatic carbocycles. The van der Waals surface area contributed by atoms with Gasteiger partial charge >= 0.3 is 0 Å². The second-order valence-corrected chi connectivity index (χ2v) is 8.80. The van der Waals surface area contributed by atoms with Crippen molar-refractivity contribution in [3.05, 3.63) is 58.0 Å². The van der Waals surface area contributed by atoms with Crippen LogP contribution >= 0.6 is 11.3 Å². The number of carbonyl (C=O) groups excluding carboxylic acids is 1. The average molecular weight is 393 g/mol. The van der Waals surface area contributed by atoms with Crippen molar-refractivity contribution in [2.75, 3.05) is 19.6 Å². The van der Waals surface area contributed by atoms with E-state index in [0.717, 1.165) is 55.1 Å². The van der Waals surface area contributed by atoms with Crippen molar-refractivity contribution in [2.45, 2.75) is 38.6 Å². The summed E-state index contributed by atoms with van der Waals surface area (Å²) < 4.78 is 1.25. The standard InChI is InChI=1S/C22H24N4OS/c1-14-2-3-20-18(8-14)16(13-28-20)9-21(27)26-7-5-19-17(12-26)11-24-22(25-19)15-4-6-23-10-15/h2-3,8,11,13,15,23H,4-7,9-10,12H2,1H3/t15-/m1/s1. The summed E-state index contributed by atoms with van der Waals surface area (Å²) in [5, 5.41) is 6.72. The van der Waals surface area contributed by atoms with Gasteiger partial charge in [-0.2, -0.15) is 0 Å². The van der Waals surface area contributed by atoms with Gasteiger partial charge in [-0.1, -0.05) is 17.7 Å². The van der Waals surface area contributed by atoms with Crippen LogP contribution in [0.25, 0.3) is 10.1 Å². The lowest BCUT2D eigenvalue weighted by molar-refractivity contribution is -0.131. The highest BCUT2D eigenvalue weighted by Gasteiger charge is 2.25. The number of amides is 1. The number of hydrogen-bond acceptors (Lipinski definition) is 5. The summed E-state index contributed by atoms with van der Waals surface area (Å²) in [6, 6.07) is 6.46. The summed E-state index contributed by atoms with van der Waals surface area (Å²) in [6.45, 7) is 5.48. The predicted molar refractivity (Wildman–Crippen MR) is 112 cm³/mol. The van der Waals surface area contributed by atoms with Crippen LogP contribution in [0.5, 0.6) is 0 Å². The Bertz CT molecular complexity index is 1040. The Kier molecular flexibility index (Phi) is 4.61. The predicted octanol–water partition coefficient (Wildman–Crippen LogP) is 3.20. The van der Waals surface area contributed by atoms with Crippen LogP contribution < -0.4 is 5.32 Å². The van der Waals surface area contributed by atoms with E-state index in [2.05, 4.69) is 40.8 Å². The molecular formula is C22H24N4OS. The van der Waals surface area contributed by atoms with Gasteiger partial charge in [0.1, 0.15) is 5.82 Å². The van der Waals surface area contributed by atoms with E-state index in [9.17, 15) is 4.79 Å². The maximum atomic E-state index is 13.0. The molecule has 2 aliphatic rings. The molecule has 0 bridgehead atoms. The largest absolute Gasteiger partial charge is 0.338 e. The Morgan fingerprint density at radius 2 is 2.32 bits per heavy atom. The molecule has 1 saturated heterocycles. The van der Waals surface area contributed by atoms with E-state index in [0.29, 0.717) is 18.9 Å². The fraction of sp³-hybridized carbons (Fsp3) is 0.409. The number of carbonyl (C=O) groups is 1. The molecule has 2 aliphatic heterocycles. The van der Waals surface area contributed by atoms with Crippen LogP contribution in [-0.4, -0.2) is 40.4 Å². The average Bonchev–Trinajstić information content (AvgIpc) is 3.38. The third-order valence-electron chi connectivity index (χ3n) is 5.88. The van der Waals surface area contributed by atoms with Crippen LogP contribution in [0.1, 0.15) is 40.5 Å². The molecule has 1 fully saturated rings. The smallest absolute Gasteiger partial charge is 0.227 e. The first-order valence-corrected chi connectivity index (χ1v) is 10.9. The van der Waals surface area contributed by atoms with Crippen molar-refractivity contribution >= 4 is 27.3 Å². The van der Waals surface area contributed by atoms with E-state index in [1.165, 1.54) is 15.6 Å². The normalized spacial score (nSPS) is 19.2. The van der Waals surface area contributed by atoms with Gasteiger partial charge in [0.2, 0.25) is 5.91 Å². The minimum atomic E-state index is 0.191. The van der Waals surface area contributed by atoms with Gasteiger partial charge in [-0.3, -0.25) is 4.79 Å². The summed E-state index contributed by atoms with van der Waals surface area (Å²) in [5.74, 6) is 1.58. The molecule has 144 valence electrons. The van der Waals surface area contributed by atoms with Gasteiger partial charge in [0.05, 0.1) is 12.1 Å². The van der Waals surface area contributed by atoms with Crippen LogP contribution in [0.15, 0.2) is 29.8 Å². The number of benzene rings is 1. The number of nitrogens with one attached hydrogen (secondary N) is 1. The first-order valence-electron chi connectivity index (χ1n) is 9.97. The molecule has 1 N–H and O–H groups in total. The zero-order valence-corrected chi connectivity index (χ0v) is 16.9. The SMILES string of the molecule is Cc1ccc2scc(CC(=O)N3CCc4nc([C@@H]5CCNC5)ncc4C3)c2c1. The summed E-state index contributed by atoms with van der Waals surface area (Å²) in [7, 11) is 0. The number of thiophene rings is 1. The van der Waals surface area contributed by atoms with E-state index >= 15 is 0 Å². The number of rotatable bonds is 3. The van der Waals surface area contributed by atoms with E-state index in [4.69, 9.17) is 4.98 Å². The zero-order chi connectivity index (χ0) is 19.1. The Morgan fingerprint density at radius 1 is 1.39 bits per heavy atom. The van der Waals surface area contributed by atoms with Gasteiger partial charge in [0.15, 0.2) is 0 Å². The maximum absolute atomic E-state index is 13.0. The van der Waals surface area contributed by atoms with E-state index < -0.39 is 0 Å². The van der Waals surface area contributed by atoms with Gasteiger partial charge in [-0.05, 0) is 42.3 Å². The van der Waals surface area contributed by atoms with Crippen molar-refractivity contribution in [3.63, 3.8) is 0 Å². The van der Waals surface area contributed by atoms with E-state index in [1.54, 1.807) is 11.3 Å². The number of aromatic nitrogens is 2. The number of aryl methyl sites for hydroxylation is 1. The maximum Gasteiger partial charge on any atom is 0.227 e. The lowest BCUT2D eigenvalue weighted by atomic mass is 10.0. The Morgan fingerprint density at radius 3 is 3.18 bits per heavy atom. The molecule has 0 radical (unpaired) electrons. The van der Waals surface area contributed by atoms with Crippen LogP contribution in [0, 0.1) is 6.92 Å². The molecule has 2 aromatic heterocycles. The van der Waals surface area contributed by atoms with Crippen LogP contribution in [0.2, 0.25) is 0 Å². The highest BCUT2D eigenvalue weighted by molar-refractivity contribution is 7.17. The minimum Gasteiger partial charge on any atom is -0.338 e. The number of fused-ring (bicyclic) bond motifs is 2. The van der Waals surface area contributed by atoms with Gasteiger partial charge in [-0.15, -0.1) is 11.3 Å². The van der Waals surface area contributed by atoms with Gasteiger partial charge in [0, 0.05) is 48.4 Å². The van der Waals surface area contributed by atoms with Crippen molar-refractivity contribution < 1.29 is 4.79 Å². The summed E-state index contributed by atoms with van der Waals surface area (Å²) in [6.07, 6.45) is 4.34. The molecule has 1 atom stereocenters. The minimum absolute atomic E-state index is 0.191. The summed E-state index contributed by atoms with van der Waals surface area (Å²) >= 11 is 1.72. The second-order valence-electron chi connectivity index (χ2n) is 7.89. The summed E-state index contributed by atoms with van der Waals surface area (Å²) in [5.41, 5.74) is 4.59. The molecular weight excluding hydrogens is 368 g/mol. The van der Waals surface area contributed by atoms with Crippen molar-refractivity contribution in [2.24, 2.45) is 0 Å². The van der Waals surface area contributed by atoms with Crippen LogP contribution in [0.3, 0.4) is 0 Å². The summed E-state index contributed by atoms with van der Waals surface area (Å²) in [4.78, 5) is 24.4. The molecule has 1 amide bonds. The Balaban J connectivity index is 1.31. The van der Waals surface area contributed by atoms with Crippen molar-refractivity contribution in [3.8, 4) is 0 Å². The second kappa shape index (κ2) is 7.26. The van der Waals surface area contributed by atoms with Gasteiger partial charge < -0.3 is 10.2 Å². The zero-order valence-electron chi connectivity index (χ0n) is 16.1. The van der Waals surface area contributed by atoms with Crippen molar-refractivity contribution in [1.82, 2.24) is 20.2 Å². The first kappa shape index (κ1) is 17.8. The number of nitrogens with zero attached hydrogens (tertiary/aromatic N) is 3.